The molecule has 3 aromatic rings. The van der Waals surface area contributed by atoms with Crippen LogP contribution in [0.4, 0.5) is 23.1 Å². The Balaban J connectivity index is 1.72. The lowest BCUT2D eigenvalue weighted by molar-refractivity contribution is 0.0526. The van der Waals surface area contributed by atoms with Gasteiger partial charge in [-0.15, -0.1) is 0 Å². The second-order valence-corrected chi connectivity index (χ2v) is 6.13. The Hall–Kier alpha value is -3.12. The van der Waals surface area contributed by atoms with Crippen molar-refractivity contribution in [2.45, 2.75) is 13.8 Å². The smallest absolute Gasteiger partial charge is 0.338 e. The van der Waals surface area contributed by atoms with Crippen molar-refractivity contribution >= 4 is 40.7 Å². The van der Waals surface area contributed by atoms with Crippen molar-refractivity contribution in [3.8, 4) is 0 Å². The number of anilines is 4. The summed E-state index contributed by atoms with van der Waals surface area (Å²) in [6.45, 7) is 4.05. The van der Waals surface area contributed by atoms with Gasteiger partial charge in [-0.3, -0.25) is 0 Å². The Morgan fingerprint density at radius 1 is 1.11 bits per heavy atom. The van der Waals surface area contributed by atoms with E-state index in [0.717, 1.165) is 16.9 Å². The van der Waals surface area contributed by atoms with Gasteiger partial charge in [0.15, 0.2) is 0 Å². The topological polar surface area (TPSA) is 76.1 Å². The third-order valence-corrected chi connectivity index (χ3v) is 4.25. The molecule has 0 saturated carbocycles. The SMILES string of the molecule is CCOC(=O)c1ccc(Nc2ccnc(Nc3cccc(Cl)c3C)n2)cc1. The van der Waals surface area contributed by atoms with Crippen molar-refractivity contribution < 1.29 is 9.53 Å². The van der Waals surface area contributed by atoms with Crippen molar-refractivity contribution in [2.75, 3.05) is 17.2 Å². The van der Waals surface area contributed by atoms with Crippen molar-refractivity contribution in [3.05, 3.63) is 70.9 Å². The molecule has 27 heavy (non-hydrogen) atoms. The average molecular weight is 383 g/mol. The van der Waals surface area contributed by atoms with Gasteiger partial charge in [-0.2, -0.15) is 4.98 Å². The number of esters is 1. The summed E-state index contributed by atoms with van der Waals surface area (Å²) in [5, 5.41) is 7.03. The first-order chi connectivity index (χ1) is 13.1. The molecule has 0 aliphatic rings. The van der Waals surface area contributed by atoms with Gasteiger partial charge in [0.05, 0.1) is 12.2 Å². The Kier molecular flexibility index (Phi) is 5.88. The zero-order valence-corrected chi connectivity index (χ0v) is 15.7. The van der Waals surface area contributed by atoms with Crippen LogP contribution in [-0.2, 0) is 4.74 Å². The van der Waals surface area contributed by atoms with Crippen LogP contribution in [0, 0.1) is 6.92 Å². The van der Waals surface area contributed by atoms with E-state index in [2.05, 4.69) is 20.6 Å². The standard InChI is InChI=1S/C20H19ClN4O2/c1-3-27-19(26)14-7-9-15(10-8-14)23-18-11-12-22-20(25-18)24-17-6-4-5-16(21)13(17)2/h4-12H,3H2,1-2H3,(H2,22,23,24,25). The summed E-state index contributed by atoms with van der Waals surface area (Å²) < 4.78 is 4.98. The van der Waals surface area contributed by atoms with E-state index in [9.17, 15) is 4.79 Å². The van der Waals surface area contributed by atoms with Crippen LogP contribution < -0.4 is 10.6 Å². The number of nitrogens with zero attached hydrogens (tertiary/aromatic N) is 2. The van der Waals surface area contributed by atoms with Crippen LogP contribution in [-0.4, -0.2) is 22.5 Å². The van der Waals surface area contributed by atoms with Crippen molar-refractivity contribution in [1.82, 2.24) is 9.97 Å². The molecule has 0 atom stereocenters. The maximum absolute atomic E-state index is 11.7. The number of halogens is 1. The molecule has 0 fully saturated rings. The van der Waals surface area contributed by atoms with E-state index in [0.29, 0.717) is 29.0 Å². The molecule has 7 heteroatoms. The lowest BCUT2D eigenvalue weighted by Gasteiger charge is -2.11. The second kappa shape index (κ2) is 8.51. The van der Waals surface area contributed by atoms with Crippen molar-refractivity contribution in [1.29, 1.82) is 0 Å². The van der Waals surface area contributed by atoms with Gasteiger partial charge < -0.3 is 15.4 Å². The van der Waals surface area contributed by atoms with Crippen LogP contribution in [0.15, 0.2) is 54.7 Å². The van der Waals surface area contributed by atoms with E-state index < -0.39 is 0 Å². The molecule has 6 nitrogen and oxygen atoms in total. The van der Waals surface area contributed by atoms with Crippen LogP contribution in [0.3, 0.4) is 0 Å². The maximum atomic E-state index is 11.7. The Morgan fingerprint density at radius 3 is 2.63 bits per heavy atom. The predicted molar refractivity (Wildman–Crippen MR) is 107 cm³/mol. The molecule has 1 heterocycles. The first kappa shape index (κ1) is 18.7. The van der Waals surface area contributed by atoms with E-state index in [1.165, 1.54) is 0 Å². The molecular formula is C20H19ClN4O2. The highest BCUT2D eigenvalue weighted by molar-refractivity contribution is 6.31. The van der Waals surface area contributed by atoms with Gasteiger partial charge in [-0.05, 0) is 61.9 Å². The van der Waals surface area contributed by atoms with Gasteiger partial charge in [-0.1, -0.05) is 17.7 Å². The maximum Gasteiger partial charge on any atom is 0.338 e. The fourth-order valence-electron chi connectivity index (χ4n) is 2.40. The minimum atomic E-state index is -0.338. The third kappa shape index (κ3) is 4.74. The Labute approximate surface area is 162 Å². The van der Waals surface area contributed by atoms with Gasteiger partial charge in [0, 0.05) is 22.6 Å². The average Bonchev–Trinajstić information content (AvgIpc) is 2.67. The van der Waals surface area contributed by atoms with Crippen LogP contribution in [0.25, 0.3) is 0 Å². The summed E-state index contributed by atoms with van der Waals surface area (Å²) in [7, 11) is 0. The molecule has 2 N–H and O–H groups in total. The number of benzene rings is 2. The number of hydrogen-bond donors (Lipinski definition) is 2. The summed E-state index contributed by atoms with van der Waals surface area (Å²) >= 11 is 6.15. The predicted octanol–water partition coefficient (Wildman–Crippen LogP) is 5.10. The van der Waals surface area contributed by atoms with Crippen LogP contribution >= 0.6 is 11.6 Å². The summed E-state index contributed by atoms with van der Waals surface area (Å²) in [5.41, 5.74) is 3.07. The van der Waals surface area contributed by atoms with E-state index in [-0.39, 0.29) is 5.97 Å². The largest absolute Gasteiger partial charge is 0.462 e. The number of nitrogens with one attached hydrogen (secondary N) is 2. The normalized spacial score (nSPS) is 10.3. The molecule has 0 radical (unpaired) electrons. The van der Waals surface area contributed by atoms with Crippen LogP contribution in [0.1, 0.15) is 22.8 Å². The second-order valence-electron chi connectivity index (χ2n) is 5.73. The quantitative estimate of drug-likeness (QED) is 0.577. The molecular weight excluding hydrogens is 364 g/mol. The summed E-state index contributed by atoms with van der Waals surface area (Å²) in [6.07, 6.45) is 1.66. The molecule has 0 aliphatic carbocycles. The minimum Gasteiger partial charge on any atom is -0.462 e. The number of rotatable bonds is 6. The summed E-state index contributed by atoms with van der Waals surface area (Å²) in [5.74, 6) is 0.735. The molecule has 3 rings (SSSR count). The van der Waals surface area contributed by atoms with Gasteiger partial charge in [0.2, 0.25) is 5.95 Å². The molecule has 138 valence electrons. The van der Waals surface area contributed by atoms with Crippen molar-refractivity contribution in [3.63, 3.8) is 0 Å². The number of ether oxygens (including phenoxy) is 1. The van der Waals surface area contributed by atoms with E-state index in [1.54, 1.807) is 43.5 Å². The Morgan fingerprint density at radius 2 is 1.89 bits per heavy atom. The van der Waals surface area contributed by atoms with Crippen LogP contribution in [0.5, 0.6) is 0 Å². The first-order valence-corrected chi connectivity index (χ1v) is 8.84. The van der Waals surface area contributed by atoms with Crippen molar-refractivity contribution in [2.24, 2.45) is 0 Å². The summed E-state index contributed by atoms with van der Waals surface area (Å²) in [4.78, 5) is 20.4. The fourth-order valence-corrected chi connectivity index (χ4v) is 2.58. The van der Waals surface area contributed by atoms with E-state index in [1.807, 2.05) is 25.1 Å². The molecule has 0 aliphatic heterocycles. The lowest BCUT2D eigenvalue weighted by Crippen LogP contribution is -2.04. The number of carbonyl (C=O) groups is 1. The minimum absolute atomic E-state index is 0.338. The number of hydrogen-bond acceptors (Lipinski definition) is 6. The molecule has 0 unspecified atom stereocenters. The van der Waals surface area contributed by atoms with Gasteiger partial charge >= 0.3 is 5.97 Å². The monoisotopic (exact) mass is 382 g/mol. The van der Waals surface area contributed by atoms with Crippen LogP contribution in [0.2, 0.25) is 5.02 Å². The number of carbonyl (C=O) groups excluding carboxylic acids is 1. The molecule has 0 saturated heterocycles. The lowest BCUT2D eigenvalue weighted by atomic mass is 10.2. The zero-order chi connectivity index (χ0) is 19.2. The molecule has 2 aromatic carbocycles. The molecule has 1 aromatic heterocycles. The van der Waals surface area contributed by atoms with Gasteiger partial charge in [0.25, 0.3) is 0 Å². The highest BCUT2D eigenvalue weighted by Crippen LogP contribution is 2.25. The Bertz CT molecular complexity index is 945. The molecule has 0 bridgehead atoms. The summed E-state index contributed by atoms with van der Waals surface area (Å²) in [6, 6.07) is 14.4. The van der Waals surface area contributed by atoms with Gasteiger partial charge in [0.1, 0.15) is 5.82 Å². The van der Waals surface area contributed by atoms with E-state index >= 15 is 0 Å². The zero-order valence-electron chi connectivity index (χ0n) is 15.0. The molecule has 0 spiro atoms. The van der Waals surface area contributed by atoms with Gasteiger partial charge in [-0.25, -0.2) is 9.78 Å². The fraction of sp³-hybridized carbons (Fsp3) is 0.150. The number of aromatic nitrogens is 2. The highest BCUT2D eigenvalue weighted by atomic mass is 35.5. The highest BCUT2D eigenvalue weighted by Gasteiger charge is 2.07. The first-order valence-electron chi connectivity index (χ1n) is 8.46. The van der Waals surface area contributed by atoms with E-state index in [4.69, 9.17) is 16.3 Å². The molecule has 0 amide bonds. The third-order valence-electron chi connectivity index (χ3n) is 3.84.